The van der Waals surface area contributed by atoms with E-state index in [-0.39, 0.29) is 11.2 Å². The maximum absolute atomic E-state index is 14.2. The molecule has 5 heterocycles. The lowest BCUT2D eigenvalue weighted by atomic mass is 9.93. The molecule has 3 N–H and O–H groups in total. The van der Waals surface area contributed by atoms with Crippen LogP contribution in [0.15, 0.2) is 73.5 Å². The summed E-state index contributed by atoms with van der Waals surface area (Å²) in [6.45, 7) is 12.3. The number of allylic oxidation sites excluding steroid dienone is 1. The zero-order valence-corrected chi connectivity index (χ0v) is 22.1. The highest BCUT2D eigenvalue weighted by Crippen LogP contribution is 2.33. The average Bonchev–Trinajstić information content (AvgIpc) is 3.51. The van der Waals surface area contributed by atoms with Gasteiger partial charge in [0, 0.05) is 40.0 Å². The Bertz CT molecular complexity index is 1860. The van der Waals surface area contributed by atoms with Crippen molar-refractivity contribution in [3.63, 3.8) is 0 Å². The van der Waals surface area contributed by atoms with E-state index in [0.717, 1.165) is 50.2 Å². The number of aromatic amines is 2. The maximum atomic E-state index is 14.2. The van der Waals surface area contributed by atoms with Gasteiger partial charge in [0.1, 0.15) is 11.5 Å². The van der Waals surface area contributed by atoms with Gasteiger partial charge >= 0.3 is 0 Å². The maximum Gasteiger partial charge on any atom is 0.178 e. The summed E-state index contributed by atoms with van der Waals surface area (Å²) < 4.78 is 14.2. The van der Waals surface area contributed by atoms with Crippen LogP contribution in [0.3, 0.4) is 0 Å². The summed E-state index contributed by atoms with van der Waals surface area (Å²) in [4.78, 5) is 21.5. The molecule has 5 aromatic heterocycles. The molecule has 194 valence electrons. The first-order valence-corrected chi connectivity index (χ1v) is 12.5. The van der Waals surface area contributed by atoms with Crippen LogP contribution in [-0.4, -0.2) is 35.1 Å². The first kappa shape index (κ1) is 24.4. The third kappa shape index (κ3) is 4.63. The Morgan fingerprint density at radius 1 is 1.00 bits per heavy atom. The van der Waals surface area contributed by atoms with Crippen LogP contribution in [0.2, 0.25) is 0 Å². The molecule has 1 aromatic carbocycles. The van der Waals surface area contributed by atoms with Gasteiger partial charge in [0.2, 0.25) is 0 Å². The standard InChI is InChI=1S/C30H27FN8/c1-16-8-18(10-20(31)9-16)22-6-7-33-28-26(22)36-29(37-28)27-23-12-24(34-15-25(23)38-39-27)19-11-21(14-32-13-19)35-17(2)30(3,4)5/h6-15,35H,2H2,1,3-5H3,(H,38,39)(H,33,36,37). The molecule has 0 aliphatic carbocycles. The Balaban J connectivity index is 1.41. The zero-order valence-electron chi connectivity index (χ0n) is 22.1. The lowest BCUT2D eigenvalue weighted by Gasteiger charge is -2.23. The number of anilines is 1. The van der Waals surface area contributed by atoms with E-state index in [2.05, 4.69) is 62.8 Å². The minimum Gasteiger partial charge on any atom is -0.358 e. The molecule has 0 aliphatic rings. The van der Waals surface area contributed by atoms with Crippen molar-refractivity contribution >= 4 is 27.8 Å². The Morgan fingerprint density at radius 2 is 1.85 bits per heavy atom. The number of hydrogen-bond donors (Lipinski definition) is 3. The van der Waals surface area contributed by atoms with Crippen molar-refractivity contribution in [3.8, 4) is 33.9 Å². The molecule has 0 saturated heterocycles. The topological polar surface area (TPSA) is 108 Å². The number of halogens is 1. The van der Waals surface area contributed by atoms with Crippen molar-refractivity contribution in [2.45, 2.75) is 27.7 Å². The third-order valence-corrected chi connectivity index (χ3v) is 6.65. The monoisotopic (exact) mass is 518 g/mol. The first-order valence-electron chi connectivity index (χ1n) is 12.5. The van der Waals surface area contributed by atoms with Crippen molar-refractivity contribution in [2.24, 2.45) is 5.41 Å². The number of rotatable bonds is 5. The summed E-state index contributed by atoms with van der Waals surface area (Å²) >= 11 is 0. The lowest BCUT2D eigenvalue weighted by molar-refractivity contribution is 0.509. The van der Waals surface area contributed by atoms with Gasteiger partial charge in [-0.2, -0.15) is 5.10 Å². The number of hydrogen-bond acceptors (Lipinski definition) is 6. The van der Waals surface area contributed by atoms with Gasteiger partial charge in [0.05, 0.1) is 34.8 Å². The normalized spacial score (nSPS) is 11.8. The van der Waals surface area contributed by atoms with Crippen LogP contribution in [-0.2, 0) is 0 Å². The van der Waals surface area contributed by atoms with Crippen LogP contribution >= 0.6 is 0 Å². The summed E-state index contributed by atoms with van der Waals surface area (Å²) in [5, 5.41) is 11.8. The van der Waals surface area contributed by atoms with Crippen LogP contribution in [0.4, 0.5) is 10.1 Å². The van der Waals surface area contributed by atoms with Crippen molar-refractivity contribution in [1.82, 2.24) is 35.1 Å². The molecule has 8 nitrogen and oxygen atoms in total. The van der Waals surface area contributed by atoms with Gasteiger partial charge in [-0.3, -0.25) is 15.1 Å². The molecule has 6 aromatic rings. The number of nitrogens with one attached hydrogen (secondary N) is 3. The SMILES string of the molecule is C=C(Nc1cncc(-c2cc3c(-c4nc5nccc(-c6cc(C)cc(F)c6)c5[nH]4)n[nH]c3cn2)c1)C(C)(C)C. The predicted octanol–water partition coefficient (Wildman–Crippen LogP) is 7.04. The Kier molecular flexibility index (Phi) is 5.71. The van der Waals surface area contributed by atoms with Gasteiger partial charge in [-0.1, -0.05) is 33.4 Å². The molecular weight excluding hydrogens is 491 g/mol. The third-order valence-electron chi connectivity index (χ3n) is 6.65. The Hall–Kier alpha value is -4.92. The minimum atomic E-state index is -0.287. The molecule has 0 radical (unpaired) electrons. The Labute approximate surface area is 224 Å². The van der Waals surface area contributed by atoms with E-state index in [1.54, 1.807) is 24.8 Å². The summed E-state index contributed by atoms with van der Waals surface area (Å²) in [6.07, 6.45) is 6.96. The van der Waals surface area contributed by atoms with Crippen LogP contribution in [0, 0.1) is 18.2 Å². The molecule has 0 bridgehead atoms. The van der Waals surface area contributed by atoms with Gasteiger partial charge in [0.25, 0.3) is 0 Å². The summed E-state index contributed by atoms with van der Waals surface area (Å²) in [5.41, 5.74) is 8.29. The molecule has 9 heteroatoms. The summed E-state index contributed by atoms with van der Waals surface area (Å²) in [6, 6.07) is 10.8. The molecule has 39 heavy (non-hydrogen) atoms. The van der Waals surface area contributed by atoms with E-state index in [9.17, 15) is 4.39 Å². The number of aromatic nitrogens is 7. The first-order chi connectivity index (χ1) is 18.7. The summed E-state index contributed by atoms with van der Waals surface area (Å²) in [5.74, 6) is 0.265. The molecule has 0 atom stereocenters. The average molecular weight is 519 g/mol. The van der Waals surface area contributed by atoms with Gasteiger partial charge in [0.15, 0.2) is 11.5 Å². The second-order valence-corrected chi connectivity index (χ2v) is 10.7. The molecule has 0 unspecified atom stereocenters. The van der Waals surface area contributed by atoms with E-state index < -0.39 is 0 Å². The van der Waals surface area contributed by atoms with Crippen LogP contribution < -0.4 is 5.32 Å². The van der Waals surface area contributed by atoms with Crippen molar-refractivity contribution in [2.75, 3.05) is 5.32 Å². The van der Waals surface area contributed by atoms with E-state index in [1.165, 1.54) is 12.1 Å². The second kappa shape index (κ2) is 9.13. The number of imidazole rings is 1. The fourth-order valence-electron chi connectivity index (χ4n) is 4.42. The molecule has 6 rings (SSSR count). The van der Waals surface area contributed by atoms with Crippen LogP contribution in [0.5, 0.6) is 0 Å². The zero-order chi connectivity index (χ0) is 27.3. The highest BCUT2D eigenvalue weighted by atomic mass is 19.1. The van der Waals surface area contributed by atoms with E-state index in [1.807, 2.05) is 31.2 Å². The molecule has 0 aliphatic heterocycles. The fraction of sp³-hybridized carbons (Fsp3) is 0.167. The van der Waals surface area contributed by atoms with E-state index in [0.29, 0.717) is 22.7 Å². The predicted molar refractivity (Wildman–Crippen MR) is 152 cm³/mol. The summed E-state index contributed by atoms with van der Waals surface area (Å²) in [7, 11) is 0. The fourth-order valence-corrected chi connectivity index (χ4v) is 4.42. The number of benzene rings is 1. The second-order valence-electron chi connectivity index (χ2n) is 10.7. The largest absolute Gasteiger partial charge is 0.358 e. The van der Waals surface area contributed by atoms with Crippen molar-refractivity contribution in [3.05, 3.63) is 84.8 Å². The van der Waals surface area contributed by atoms with Gasteiger partial charge in [-0.15, -0.1) is 0 Å². The molecule has 0 fully saturated rings. The van der Waals surface area contributed by atoms with Gasteiger partial charge < -0.3 is 10.3 Å². The lowest BCUT2D eigenvalue weighted by Crippen LogP contribution is -2.15. The minimum absolute atomic E-state index is 0.0896. The quantitative estimate of drug-likeness (QED) is 0.226. The number of H-pyrrole nitrogens is 2. The van der Waals surface area contributed by atoms with E-state index >= 15 is 0 Å². The van der Waals surface area contributed by atoms with E-state index in [4.69, 9.17) is 4.98 Å². The Morgan fingerprint density at radius 3 is 2.64 bits per heavy atom. The molecular formula is C30H27FN8. The number of aryl methyl sites for hydroxylation is 1. The smallest absolute Gasteiger partial charge is 0.178 e. The molecule has 0 amide bonds. The van der Waals surface area contributed by atoms with Crippen LogP contribution in [0.25, 0.3) is 56.0 Å². The molecule has 0 spiro atoms. The highest BCUT2D eigenvalue weighted by molar-refractivity contribution is 5.96. The van der Waals surface area contributed by atoms with Crippen molar-refractivity contribution < 1.29 is 4.39 Å². The van der Waals surface area contributed by atoms with Gasteiger partial charge in [-0.25, -0.2) is 14.4 Å². The van der Waals surface area contributed by atoms with Gasteiger partial charge in [-0.05, 0) is 48.4 Å². The number of nitrogens with zero attached hydrogens (tertiary/aromatic N) is 5. The molecule has 0 saturated carbocycles. The highest BCUT2D eigenvalue weighted by Gasteiger charge is 2.18. The number of pyridine rings is 3. The number of fused-ring (bicyclic) bond motifs is 2. The van der Waals surface area contributed by atoms with Crippen molar-refractivity contribution in [1.29, 1.82) is 0 Å². The van der Waals surface area contributed by atoms with Crippen LogP contribution in [0.1, 0.15) is 26.3 Å².